The predicted octanol–water partition coefficient (Wildman–Crippen LogP) is 13.1. The molecule has 9 aromatic rings. The molecule has 2 heteroatoms. The van der Waals surface area contributed by atoms with Crippen LogP contribution in [0.5, 0.6) is 0 Å². The Labute approximate surface area is 264 Å². The first kappa shape index (κ1) is 25.5. The molecule has 44 heavy (non-hydrogen) atoms. The second-order valence-corrected chi connectivity index (χ2v) is 13.4. The van der Waals surface area contributed by atoms with Gasteiger partial charge in [0.2, 0.25) is 0 Å². The average molecular weight is 595 g/mol. The summed E-state index contributed by atoms with van der Waals surface area (Å²) < 4.78 is 5.35. The summed E-state index contributed by atoms with van der Waals surface area (Å²) in [5, 5.41) is 5.31. The summed E-state index contributed by atoms with van der Waals surface area (Å²) >= 11 is 3.78. The minimum atomic E-state index is 1.23. The fourth-order valence-corrected chi connectivity index (χ4v) is 8.88. The summed E-state index contributed by atoms with van der Waals surface area (Å²) in [6, 6.07) is 57.9. The van der Waals surface area contributed by atoms with Gasteiger partial charge < -0.3 is 0 Å². The van der Waals surface area contributed by atoms with Crippen molar-refractivity contribution in [1.29, 1.82) is 0 Å². The van der Waals surface area contributed by atoms with Crippen molar-refractivity contribution < 1.29 is 0 Å². The summed E-state index contributed by atoms with van der Waals surface area (Å²) in [5.74, 6) is 0. The molecular formula is C42H26S2. The zero-order chi connectivity index (χ0) is 29.0. The average Bonchev–Trinajstić information content (AvgIpc) is 3.66. The Kier molecular flexibility index (Phi) is 5.97. The third kappa shape index (κ3) is 4.18. The molecule has 0 spiro atoms. The molecule has 0 aliphatic heterocycles. The Morgan fingerprint density at radius 3 is 1.66 bits per heavy atom. The lowest BCUT2D eigenvalue weighted by Crippen LogP contribution is -1.88. The topological polar surface area (TPSA) is 0 Å². The van der Waals surface area contributed by atoms with E-state index in [2.05, 4.69) is 158 Å². The van der Waals surface area contributed by atoms with Gasteiger partial charge >= 0.3 is 0 Å². The van der Waals surface area contributed by atoms with E-state index in [0.29, 0.717) is 0 Å². The molecule has 0 saturated carbocycles. The number of hydrogen-bond acceptors (Lipinski definition) is 2. The van der Waals surface area contributed by atoms with Gasteiger partial charge in [-0.3, -0.25) is 0 Å². The van der Waals surface area contributed by atoms with Crippen LogP contribution in [0.1, 0.15) is 0 Å². The minimum absolute atomic E-state index is 1.23. The van der Waals surface area contributed by atoms with Gasteiger partial charge in [-0.2, -0.15) is 0 Å². The van der Waals surface area contributed by atoms with Crippen LogP contribution in [-0.2, 0) is 0 Å². The van der Waals surface area contributed by atoms with Crippen molar-refractivity contribution in [3.05, 3.63) is 158 Å². The molecule has 0 radical (unpaired) electrons. The van der Waals surface area contributed by atoms with E-state index in [1.807, 2.05) is 22.7 Å². The maximum Gasteiger partial charge on any atom is 0.0434 e. The molecule has 0 amide bonds. The van der Waals surface area contributed by atoms with E-state index in [-0.39, 0.29) is 0 Å². The van der Waals surface area contributed by atoms with Crippen LogP contribution in [0.3, 0.4) is 0 Å². The summed E-state index contributed by atoms with van der Waals surface area (Å²) in [7, 11) is 0. The van der Waals surface area contributed by atoms with Crippen molar-refractivity contribution in [2.75, 3.05) is 0 Å². The number of thiophene rings is 2. The number of rotatable bonds is 4. The highest BCUT2D eigenvalue weighted by atomic mass is 32.1. The molecule has 0 atom stereocenters. The summed E-state index contributed by atoms with van der Waals surface area (Å²) in [4.78, 5) is 0. The van der Waals surface area contributed by atoms with Crippen LogP contribution in [0, 0.1) is 0 Å². The van der Waals surface area contributed by atoms with E-state index in [9.17, 15) is 0 Å². The SMILES string of the molecule is c1ccc(-c2cccc(-c3ccccc3-c3cc(-c4ccc5sc6ccccc6c5c4)c4sc5ccccc5c4c3)c2)cc1. The number of benzene rings is 7. The van der Waals surface area contributed by atoms with Gasteiger partial charge in [-0.05, 0) is 81.4 Å². The molecular weight excluding hydrogens is 569 g/mol. The Bertz CT molecular complexity index is 2490. The van der Waals surface area contributed by atoms with E-state index in [4.69, 9.17) is 0 Å². The smallest absolute Gasteiger partial charge is 0.0434 e. The number of fused-ring (bicyclic) bond motifs is 6. The number of hydrogen-bond donors (Lipinski definition) is 0. The fourth-order valence-electron chi connectivity index (χ4n) is 6.57. The van der Waals surface area contributed by atoms with E-state index in [1.54, 1.807) is 0 Å². The molecule has 2 heterocycles. The van der Waals surface area contributed by atoms with Crippen LogP contribution in [0.15, 0.2) is 158 Å². The van der Waals surface area contributed by atoms with Crippen LogP contribution in [0.25, 0.3) is 84.9 Å². The van der Waals surface area contributed by atoms with Gasteiger partial charge in [-0.1, -0.05) is 115 Å². The lowest BCUT2D eigenvalue weighted by Gasteiger charge is -2.14. The first-order chi connectivity index (χ1) is 21.8. The van der Waals surface area contributed by atoms with Crippen molar-refractivity contribution in [1.82, 2.24) is 0 Å². The highest BCUT2D eigenvalue weighted by molar-refractivity contribution is 7.26. The summed E-state index contributed by atoms with van der Waals surface area (Å²) in [6.45, 7) is 0. The molecule has 0 nitrogen and oxygen atoms in total. The summed E-state index contributed by atoms with van der Waals surface area (Å²) in [5.41, 5.74) is 9.99. The standard InChI is InChI=1S/C42H26S2/c1-2-11-27(12-3-1)28-13-10-14-29(23-28)32-15-4-5-16-33(32)31-25-36(42-38(26-31)35-18-7-9-20-40(35)44-42)30-21-22-41-37(24-30)34-17-6-8-19-39(34)43-41/h1-26H. The van der Waals surface area contributed by atoms with Crippen LogP contribution < -0.4 is 0 Å². The van der Waals surface area contributed by atoms with Crippen molar-refractivity contribution >= 4 is 63.0 Å². The zero-order valence-electron chi connectivity index (χ0n) is 23.8. The molecule has 0 N–H and O–H groups in total. The van der Waals surface area contributed by atoms with Crippen molar-refractivity contribution in [3.63, 3.8) is 0 Å². The van der Waals surface area contributed by atoms with Gasteiger partial charge in [-0.15, -0.1) is 22.7 Å². The van der Waals surface area contributed by atoms with Gasteiger partial charge in [0.1, 0.15) is 0 Å². The molecule has 7 aromatic carbocycles. The molecule has 2 aromatic heterocycles. The molecule has 0 fully saturated rings. The second-order valence-electron chi connectivity index (χ2n) is 11.3. The Hall–Kier alpha value is -5.02. The lowest BCUT2D eigenvalue weighted by molar-refractivity contribution is 1.57. The Morgan fingerprint density at radius 1 is 0.273 bits per heavy atom. The molecule has 0 unspecified atom stereocenters. The molecule has 0 bridgehead atoms. The largest absolute Gasteiger partial charge is 0.135 e. The van der Waals surface area contributed by atoms with Crippen LogP contribution in [-0.4, -0.2) is 0 Å². The highest BCUT2D eigenvalue weighted by Crippen LogP contribution is 2.45. The van der Waals surface area contributed by atoms with Gasteiger partial charge in [0.15, 0.2) is 0 Å². The monoisotopic (exact) mass is 594 g/mol. The van der Waals surface area contributed by atoms with Gasteiger partial charge in [-0.25, -0.2) is 0 Å². The first-order valence-electron chi connectivity index (χ1n) is 14.9. The zero-order valence-corrected chi connectivity index (χ0v) is 25.5. The highest BCUT2D eigenvalue weighted by Gasteiger charge is 2.17. The maximum atomic E-state index is 2.42. The summed E-state index contributed by atoms with van der Waals surface area (Å²) in [6.07, 6.45) is 0. The normalized spacial score (nSPS) is 11.6. The van der Waals surface area contributed by atoms with Crippen molar-refractivity contribution in [2.24, 2.45) is 0 Å². The quantitative estimate of drug-likeness (QED) is 0.190. The maximum absolute atomic E-state index is 2.42. The van der Waals surface area contributed by atoms with Crippen molar-refractivity contribution in [2.45, 2.75) is 0 Å². The fraction of sp³-hybridized carbons (Fsp3) is 0. The van der Waals surface area contributed by atoms with E-state index < -0.39 is 0 Å². The third-order valence-corrected chi connectivity index (χ3v) is 11.1. The molecule has 0 aliphatic rings. The Morgan fingerprint density at radius 2 is 0.841 bits per heavy atom. The van der Waals surface area contributed by atoms with E-state index in [1.165, 1.54) is 84.9 Å². The van der Waals surface area contributed by atoms with Gasteiger partial charge in [0.05, 0.1) is 0 Å². The third-order valence-electron chi connectivity index (χ3n) is 8.68. The second kappa shape index (κ2) is 10.3. The first-order valence-corrected chi connectivity index (χ1v) is 16.6. The lowest BCUT2D eigenvalue weighted by atomic mass is 9.90. The van der Waals surface area contributed by atoms with Crippen LogP contribution in [0.4, 0.5) is 0 Å². The van der Waals surface area contributed by atoms with Crippen LogP contribution >= 0.6 is 22.7 Å². The van der Waals surface area contributed by atoms with E-state index >= 15 is 0 Å². The molecule has 206 valence electrons. The minimum Gasteiger partial charge on any atom is -0.135 e. The Balaban J connectivity index is 1.29. The van der Waals surface area contributed by atoms with Gasteiger partial charge in [0.25, 0.3) is 0 Å². The predicted molar refractivity (Wildman–Crippen MR) is 194 cm³/mol. The molecule has 0 aliphatic carbocycles. The van der Waals surface area contributed by atoms with Crippen molar-refractivity contribution in [3.8, 4) is 44.5 Å². The molecule has 9 rings (SSSR count). The van der Waals surface area contributed by atoms with Crippen LogP contribution in [0.2, 0.25) is 0 Å². The molecule has 0 saturated heterocycles. The van der Waals surface area contributed by atoms with Gasteiger partial charge in [0, 0.05) is 45.9 Å². The van der Waals surface area contributed by atoms with E-state index in [0.717, 1.165) is 0 Å².